The number of hydrogen-bond donors (Lipinski definition) is 0. The summed E-state index contributed by atoms with van der Waals surface area (Å²) in [5.74, 6) is 12.3. The van der Waals surface area contributed by atoms with E-state index in [9.17, 15) is 8.76 Å². The molecule has 14 rings (SSSR count). The lowest BCUT2D eigenvalue weighted by atomic mass is 9.78. The van der Waals surface area contributed by atoms with E-state index in [1.165, 1.54) is 51.3 Å². The van der Waals surface area contributed by atoms with E-state index < -0.39 is 11.1 Å². The summed E-state index contributed by atoms with van der Waals surface area (Å²) in [6.45, 7) is 8.63. The molecule has 620 valence electrons. The molecule has 16 nitrogen and oxygen atoms in total. The van der Waals surface area contributed by atoms with Crippen molar-refractivity contribution in [2.24, 2.45) is 0 Å². The second-order valence-corrected chi connectivity index (χ2v) is 27.4. The molecule has 118 heavy (non-hydrogen) atoms. The first-order chi connectivity index (χ1) is 57.3. The van der Waals surface area contributed by atoms with Crippen LogP contribution in [0.3, 0.4) is 0 Å². The summed E-state index contributed by atoms with van der Waals surface area (Å²) in [5.41, 5.74) is 5.09. The van der Waals surface area contributed by atoms with Crippen molar-refractivity contribution in [1.82, 2.24) is 0 Å². The molecule has 0 aliphatic heterocycles. The summed E-state index contributed by atoms with van der Waals surface area (Å²) in [6, 6.07) is 108. The fourth-order valence-electron chi connectivity index (χ4n) is 10.6. The third-order valence-electron chi connectivity index (χ3n) is 17.5. The Balaban J connectivity index is 0.000000237. The van der Waals surface area contributed by atoms with Crippen molar-refractivity contribution in [1.29, 1.82) is 0 Å². The zero-order valence-corrected chi connectivity index (χ0v) is 72.4. The molecule has 1 unspecified atom stereocenters. The molecule has 14 aromatic rings. The Hall–Kier alpha value is -12.7. The highest BCUT2D eigenvalue weighted by atomic mass is 32.2. The molecule has 0 heterocycles. The van der Waals surface area contributed by atoms with Gasteiger partial charge < -0.3 is 70.9 Å². The highest BCUT2D eigenvalue weighted by Crippen LogP contribution is 2.35. The summed E-state index contributed by atoms with van der Waals surface area (Å²) in [5, 5.41) is 4.47. The maximum absolute atomic E-state index is 10.4. The first-order valence-corrected chi connectivity index (χ1v) is 39.4. The Morgan fingerprint density at radius 3 is 0.797 bits per heavy atom. The number of methoxy groups -OCH3 is 14. The normalized spacial score (nSPS) is 10.1. The molecule has 0 amide bonds. The lowest BCUT2D eigenvalue weighted by Crippen LogP contribution is -2.18. The molecular weight excluding hydrogens is 1520 g/mol. The Morgan fingerprint density at radius 2 is 0.534 bits per heavy atom. The molecule has 0 fully saturated rings. The van der Waals surface area contributed by atoms with Gasteiger partial charge in [-0.1, -0.05) is 178 Å². The molecule has 18 heteroatoms. The predicted octanol–water partition coefficient (Wildman–Crippen LogP) is 23.9. The van der Waals surface area contributed by atoms with Crippen molar-refractivity contribution in [3.8, 4) is 80.5 Å². The zero-order chi connectivity index (χ0) is 85.7. The Labute approximate surface area is 705 Å². The van der Waals surface area contributed by atoms with Crippen LogP contribution in [0.25, 0.3) is 21.5 Å². The SMILES string of the molecule is CCc1ccc(OC)cc1.COc1ccc(C(C)(C)c2ccc(OC)cc2)cc1.COc1ccc(C)cc1.COc1ccc(S(=O)[O-])cc1.COc1ccc(Sc2ccc(OC)cc2)cc1.COc1ccc2cc(OC)ccc2c1.COc1cccc2c(OC)cccc12.COc1ccccc1.COc1ccccc1.COc1ccccc1. The number of ether oxygens (including phenoxy) is 14. The van der Waals surface area contributed by atoms with Gasteiger partial charge in [0.15, 0.2) is 0 Å². The highest BCUT2D eigenvalue weighted by Gasteiger charge is 2.23. The molecule has 0 spiro atoms. The Bertz CT molecular complexity index is 4710. The zero-order valence-electron chi connectivity index (χ0n) is 70.8. The first-order valence-electron chi connectivity index (χ1n) is 37.5. The minimum absolute atomic E-state index is 0.0431. The second-order valence-electron chi connectivity index (χ2n) is 25.3. The lowest BCUT2D eigenvalue weighted by molar-refractivity contribution is 0.413. The van der Waals surface area contributed by atoms with Gasteiger partial charge in [0.05, 0.1) is 99.5 Å². The number of hydrogen-bond acceptors (Lipinski definition) is 17. The molecule has 0 N–H and O–H groups in total. The van der Waals surface area contributed by atoms with E-state index in [1.807, 2.05) is 273 Å². The summed E-state index contributed by atoms with van der Waals surface area (Å²) >= 11 is -0.430. The van der Waals surface area contributed by atoms with Crippen LogP contribution < -0.4 is 66.3 Å². The standard InChI is InChI=1S/C17H20O2.C14H14O2S.2C12H12O2.C9H12O.C8H10O.C7H8O3S.3C7H8O/c1-17(2,13-5-9-15(18-3)10-6-13)14-7-11-16(19-4)12-8-14;1-15-11-3-7-13(8-4-11)17-14-9-5-12(16-2)6-10-14;1-13-11-7-3-6-10-9(11)5-4-8-12(10)14-2;1-13-11-5-3-10-8-12(14-2)6-4-9(10)7-11;1-3-8-4-6-9(10-2)7-5-8;1-7-3-5-8(9-2)6-4-7;1-10-6-2-4-7(5-3-6)11(8)9;3*1-8-7-5-3-2-4-6-7/h5-12H,1-4H3;3-10H,1-2H3;2*3-8H,1-2H3;4-7H,3H2,1-2H3;3-6H,1-2H3;2-5H,1H3,(H,8,9);3*2-6H,1H3/p-1. The van der Waals surface area contributed by atoms with Crippen LogP contribution >= 0.6 is 11.8 Å². The Morgan fingerprint density at radius 1 is 0.280 bits per heavy atom. The first kappa shape index (κ1) is 95.8. The quantitative estimate of drug-likeness (QED) is 0.0660. The number of fused-ring (bicyclic) bond motifs is 2. The highest BCUT2D eigenvalue weighted by molar-refractivity contribution is 7.99. The topological polar surface area (TPSA) is 169 Å². The van der Waals surface area contributed by atoms with Gasteiger partial charge in [-0.3, -0.25) is 4.21 Å². The minimum Gasteiger partial charge on any atom is -0.768 e. The van der Waals surface area contributed by atoms with Crippen LogP contribution in [0.5, 0.6) is 80.5 Å². The average Bonchev–Trinajstić information content (AvgIpc) is 0.819. The molecule has 0 aliphatic carbocycles. The number of para-hydroxylation sites is 3. The third-order valence-corrected chi connectivity index (χ3v) is 19.2. The van der Waals surface area contributed by atoms with Crippen LogP contribution in [0, 0.1) is 6.92 Å². The summed E-state index contributed by atoms with van der Waals surface area (Å²) < 4.78 is 91.8. The summed E-state index contributed by atoms with van der Waals surface area (Å²) in [7, 11) is 23.3. The van der Waals surface area contributed by atoms with Gasteiger partial charge in [0.25, 0.3) is 0 Å². The van der Waals surface area contributed by atoms with E-state index in [-0.39, 0.29) is 10.3 Å². The third kappa shape index (κ3) is 34.4. The maximum atomic E-state index is 10.4. The molecule has 0 aromatic heterocycles. The van der Waals surface area contributed by atoms with Crippen LogP contribution in [-0.2, 0) is 22.9 Å². The lowest BCUT2D eigenvalue weighted by Gasteiger charge is -2.26. The van der Waals surface area contributed by atoms with Crippen molar-refractivity contribution in [3.05, 3.63) is 356 Å². The van der Waals surface area contributed by atoms with E-state index in [2.05, 4.69) is 64.1 Å². The monoisotopic (exact) mass is 1630 g/mol. The second kappa shape index (κ2) is 54.9. The van der Waals surface area contributed by atoms with Crippen molar-refractivity contribution in [2.75, 3.05) is 99.5 Å². The molecule has 0 bridgehead atoms. The van der Waals surface area contributed by atoms with Gasteiger partial charge in [-0.25, -0.2) is 0 Å². The van der Waals surface area contributed by atoms with Gasteiger partial charge in [-0.15, -0.1) is 0 Å². The molecule has 0 saturated carbocycles. The molecule has 0 saturated heterocycles. The van der Waals surface area contributed by atoms with E-state index in [0.29, 0.717) is 5.75 Å². The Kier molecular flexibility index (Phi) is 44.6. The van der Waals surface area contributed by atoms with Crippen LogP contribution in [0.1, 0.15) is 43.0 Å². The predicted molar refractivity (Wildman–Crippen MR) is 482 cm³/mol. The molecule has 1 atom stereocenters. The van der Waals surface area contributed by atoms with E-state index >= 15 is 0 Å². The number of rotatable bonds is 20. The summed E-state index contributed by atoms with van der Waals surface area (Å²) in [4.78, 5) is 2.65. The average molecular weight is 1630 g/mol. The molecule has 14 aromatic carbocycles. The van der Waals surface area contributed by atoms with Crippen LogP contribution in [0.15, 0.2) is 348 Å². The van der Waals surface area contributed by atoms with Gasteiger partial charge in [0.2, 0.25) is 0 Å². The van der Waals surface area contributed by atoms with E-state index in [0.717, 1.165) is 103 Å². The van der Waals surface area contributed by atoms with Crippen molar-refractivity contribution >= 4 is 44.4 Å². The van der Waals surface area contributed by atoms with Gasteiger partial charge >= 0.3 is 0 Å². The van der Waals surface area contributed by atoms with Gasteiger partial charge in [0, 0.05) is 30.9 Å². The molecular formula is C100H111O16S2-. The number of aryl methyl sites for hydroxylation is 2. The minimum atomic E-state index is -2.14. The molecule has 0 radical (unpaired) electrons. The van der Waals surface area contributed by atoms with Crippen molar-refractivity contribution < 1.29 is 75.1 Å². The summed E-state index contributed by atoms with van der Waals surface area (Å²) in [6.07, 6.45) is 1.09. The fourth-order valence-corrected chi connectivity index (χ4v) is 11.7. The van der Waals surface area contributed by atoms with Gasteiger partial charge in [0.1, 0.15) is 80.5 Å². The molecule has 0 aliphatic rings. The maximum Gasteiger partial charge on any atom is 0.126 e. The van der Waals surface area contributed by atoms with Crippen molar-refractivity contribution in [3.63, 3.8) is 0 Å². The van der Waals surface area contributed by atoms with Gasteiger partial charge in [-0.05, 0) is 246 Å². The number of benzene rings is 14. The smallest absolute Gasteiger partial charge is 0.126 e. The van der Waals surface area contributed by atoms with Gasteiger partial charge in [-0.2, -0.15) is 0 Å². The van der Waals surface area contributed by atoms with Crippen LogP contribution in [0.2, 0.25) is 0 Å². The van der Waals surface area contributed by atoms with E-state index in [4.69, 9.17) is 66.3 Å². The van der Waals surface area contributed by atoms with Crippen molar-refractivity contribution in [2.45, 2.75) is 54.2 Å². The van der Waals surface area contributed by atoms with Crippen LogP contribution in [-0.4, -0.2) is 108 Å². The fraction of sp³-hybridized carbons (Fsp3) is 0.200. The van der Waals surface area contributed by atoms with Crippen LogP contribution in [0.4, 0.5) is 0 Å². The largest absolute Gasteiger partial charge is 0.768 e. The van der Waals surface area contributed by atoms with E-state index in [1.54, 1.807) is 116 Å².